The predicted octanol–water partition coefficient (Wildman–Crippen LogP) is 1.54. The molecular weight excluding hydrogens is 298 g/mol. The van der Waals surface area contributed by atoms with E-state index in [4.69, 9.17) is 16.9 Å². The topological polar surface area (TPSA) is 64.4 Å². The average Bonchev–Trinajstić information content (AvgIpc) is 2.38. The first-order valence-electron chi connectivity index (χ1n) is 6.26. The maximum absolute atomic E-state index is 12.7. The Morgan fingerprint density at radius 2 is 2.10 bits per heavy atom. The number of likely N-dealkylation sites (N-methyl/N-ethyl adjacent to an activating group) is 1. The van der Waals surface area contributed by atoms with Gasteiger partial charge < -0.3 is 4.90 Å². The summed E-state index contributed by atoms with van der Waals surface area (Å²) in [6.07, 6.45) is 0. The zero-order chi connectivity index (χ0) is 14.9. The van der Waals surface area contributed by atoms with Crippen LogP contribution in [0.5, 0.6) is 0 Å². The lowest BCUT2D eigenvalue weighted by Crippen LogP contribution is -2.52. The zero-order valence-electron chi connectivity index (χ0n) is 11.4. The molecule has 0 spiro atoms. The molecule has 108 valence electrons. The number of nitriles is 1. The van der Waals surface area contributed by atoms with Crippen molar-refractivity contribution in [1.82, 2.24) is 9.21 Å². The van der Waals surface area contributed by atoms with E-state index in [1.54, 1.807) is 0 Å². The Morgan fingerprint density at radius 1 is 1.40 bits per heavy atom. The highest BCUT2D eigenvalue weighted by molar-refractivity contribution is 7.89. The Bertz CT molecular complexity index is 654. The van der Waals surface area contributed by atoms with Gasteiger partial charge in [0.2, 0.25) is 10.0 Å². The minimum absolute atomic E-state index is 0.00891. The van der Waals surface area contributed by atoms with Gasteiger partial charge in [0.15, 0.2) is 0 Å². The van der Waals surface area contributed by atoms with Crippen LogP contribution in [0.25, 0.3) is 0 Å². The van der Waals surface area contributed by atoms with Gasteiger partial charge >= 0.3 is 0 Å². The third-order valence-corrected chi connectivity index (χ3v) is 5.91. The van der Waals surface area contributed by atoms with Gasteiger partial charge in [-0.25, -0.2) is 8.42 Å². The van der Waals surface area contributed by atoms with Crippen LogP contribution >= 0.6 is 11.6 Å². The lowest BCUT2D eigenvalue weighted by molar-refractivity contribution is 0.170. The average molecular weight is 314 g/mol. The largest absolute Gasteiger partial charge is 0.303 e. The van der Waals surface area contributed by atoms with Crippen molar-refractivity contribution in [2.24, 2.45) is 0 Å². The van der Waals surface area contributed by atoms with Gasteiger partial charge in [0.1, 0.15) is 4.90 Å². The van der Waals surface area contributed by atoms with Crippen LogP contribution < -0.4 is 0 Å². The Balaban J connectivity index is 2.43. The number of sulfonamides is 1. The Hall–Kier alpha value is -1.13. The number of rotatable bonds is 2. The minimum Gasteiger partial charge on any atom is -0.303 e. The van der Waals surface area contributed by atoms with Crippen molar-refractivity contribution < 1.29 is 8.42 Å². The summed E-state index contributed by atoms with van der Waals surface area (Å²) in [5.41, 5.74) is 0.287. The van der Waals surface area contributed by atoms with E-state index in [0.717, 1.165) is 0 Å². The van der Waals surface area contributed by atoms with Gasteiger partial charge in [-0.05, 0) is 32.2 Å². The summed E-state index contributed by atoms with van der Waals surface area (Å²) in [7, 11) is -1.71. The molecule has 1 aliphatic heterocycles. The van der Waals surface area contributed by atoms with Crippen molar-refractivity contribution in [3.63, 3.8) is 0 Å². The molecule has 1 aromatic rings. The van der Waals surface area contributed by atoms with Gasteiger partial charge in [-0.2, -0.15) is 9.57 Å². The third-order valence-electron chi connectivity index (χ3n) is 3.42. The standard InChI is InChI=1S/C13H16ClN3O2S/c1-10-9-16(2)5-6-17(10)20(18,19)13-7-11(8-15)3-4-12(13)14/h3-4,7,10H,5-6,9H2,1-2H3. The predicted molar refractivity (Wildman–Crippen MR) is 77.0 cm³/mol. The Kier molecular flexibility index (Phi) is 4.35. The van der Waals surface area contributed by atoms with Crippen molar-refractivity contribution in [2.75, 3.05) is 26.7 Å². The minimum atomic E-state index is -3.67. The lowest BCUT2D eigenvalue weighted by atomic mass is 10.2. The van der Waals surface area contributed by atoms with Crippen LogP contribution in [0.2, 0.25) is 5.02 Å². The van der Waals surface area contributed by atoms with E-state index in [2.05, 4.69) is 4.90 Å². The molecule has 1 atom stereocenters. The number of hydrogen-bond donors (Lipinski definition) is 0. The second-order valence-electron chi connectivity index (χ2n) is 4.98. The molecule has 2 rings (SSSR count). The fourth-order valence-electron chi connectivity index (χ4n) is 2.38. The Labute approximate surface area is 124 Å². The molecule has 1 saturated heterocycles. The van der Waals surface area contributed by atoms with Crippen LogP contribution in [-0.2, 0) is 10.0 Å². The molecule has 1 aromatic carbocycles. The highest BCUT2D eigenvalue weighted by atomic mass is 35.5. The molecule has 1 fully saturated rings. The fourth-order valence-corrected chi connectivity index (χ4v) is 4.49. The lowest BCUT2D eigenvalue weighted by Gasteiger charge is -2.37. The van der Waals surface area contributed by atoms with Gasteiger partial charge in [0, 0.05) is 25.7 Å². The molecule has 0 aliphatic carbocycles. The summed E-state index contributed by atoms with van der Waals surface area (Å²) >= 11 is 6.01. The van der Waals surface area contributed by atoms with Crippen LogP contribution in [0, 0.1) is 11.3 Å². The number of halogens is 1. The van der Waals surface area contributed by atoms with E-state index in [0.29, 0.717) is 19.6 Å². The van der Waals surface area contributed by atoms with Crippen LogP contribution in [0.4, 0.5) is 0 Å². The molecule has 7 heteroatoms. The number of piperazine rings is 1. The molecule has 0 bridgehead atoms. The van der Waals surface area contributed by atoms with E-state index < -0.39 is 10.0 Å². The molecule has 0 amide bonds. The first kappa shape index (κ1) is 15.3. The van der Waals surface area contributed by atoms with Gasteiger partial charge in [0.25, 0.3) is 0 Å². The number of benzene rings is 1. The quantitative estimate of drug-likeness (QED) is 0.830. The van der Waals surface area contributed by atoms with Crippen molar-refractivity contribution in [2.45, 2.75) is 17.9 Å². The van der Waals surface area contributed by atoms with Crippen molar-refractivity contribution in [3.05, 3.63) is 28.8 Å². The molecule has 1 heterocycles. The van der Waals surface area contributed by atoms with Crippen LogP contribution in [-0.4, -0.2) is 50.3 Å². The van der Waals surface area contributed by atoms with Gasteiger partial charge in [-0.15, -0.1) is 0 Å². The monoisotopic (exact) mass is 313 g/mol. The zero-order valence-corrected chi connectivity index (χ0v) is 12.9. The molecule has 0 saturated carbocycles. The highest BCUT2D eigenvalue weighted by Crippen LogP contribution is 2.28. The summed E-state index contributed by atoms with van der Waals surface area (Å²) in [6, 6.07) is 6.11. The molecule has 0 radical (unpaired) electrons. The van der Waals surface area contributed by atoms with E-state index in [9.17, 15) is 8.42 Å². The van der Waals surface area contributed by atoms with Crippen LogP contribution in [0.3, 0.4) is 0 Å². The fraction of sp³-hybridized carbons (Fsp3) is 0.462. The Morgan fingerprint density at radius 3 is 2.70 bits per heavy atom. The second-order valence-corrected chi connectivity index (χ2v) is 7.25. The smallest absolute Gasteiger partial charge is 0.244 e. The molecule has 1 unspecified atom stereocenters. The molecule has 0 N–H and O–H groups in total. The van der Waals surface area contributed by atoms with E-state index in [1.807, 2.05) is 20.0 Å². The number of nitrogens with zero attached hydrogens (tertiary/aromatic N) is 3. The van der Waals surface area contributed by atoms with Crippen molar-refractivity contribution in [1.29, 1.82) is 5.26 Å². The summed E-state index contributed by atoms with van der Waals surface area (Å²) in [4.78, 5) is 2.10. The first-order chi connectivity index (χ1) is 9.36. The summed E-state index contributed by atoms with van der Waals surface area (Å²) in [5, 5.41) is 9.06. The summed E-state index contributed by atoms with van der Waals surface area (Å²) in [6.45, 7) is 3.65. The molecule has 20 heavy (non-hydrogen) atoms. The second kappa shape index (κ2) is 5.70. The third kappa shape index (κ3) is 2.81. The SMILES string of the molecule is CC1CN(C)CCN1S(=O)(=O)c1cc(C#N)ccc1Cl. The van der Waals surface area contributed by atoms with Gasteiger partial charge in [-0.3, -0.25) is 0 Å². The van der Waals surface area contributed by atoms with E-state index >= 15 is 0 Å². The van der Waals surface area contributed by atoms with Crippen molar-refractivity contribution >= 4 is 21.6 Å². The maximum Gasteiger partial charge on any atom is 0.244 e. The van der Waals surface area contributed by atoms with Gasteiger partial charge in [0.05, 0.1) is 16.7 Å². The normalized spacial score (nSPS) is 21.6. The van der Waals surface area contributed by atoms with E-state index in [-0.39, 0.29) is 21.5 Å². The molecular formula is C13H16ClN3O2S. The molecule has 5 nitrogen and oxygen atoms in total. The molecule has 0 aromatic heterocycles. The van der Waals surface area contributed by atoms with E-state index in [1.165, 1.54) is 22.5 Å². The van der Waals surface area contributed by atoms with Crippen LogP contribution in [0.15, 0.2) is 23.1 Å². The maximum atomic E-state index is 12.7. The van der Waals surface area contributed by atoms with Gasteiger partial charge in [-0.1, -0.05) is 11.6 Å². The van der Waals surface area contributed by atoms with Crippen LogP contribution in [0.1, 0.15) is 12.5 Å². The summed E-state index contributed by atoms with van der Waals surface area (Å²) < 4.78 is 26.9. The number of hydrogen-bond acceptors (Lipinski definition) is 4. The summed E-state index contributed by atoms with van der Waals surface area (Å²) in [5.74, 6) is 0. The van der Waals surface area contributed by atoms with Crippen molar-refractivity contribution in [3.8, 4) is 6.07 Å². The first-order valence-corrected chi connectivity index (χ1v) is 8.08. The highest BCUT2D eigenvalue weighted by Gasteiger charge is 2.34. The molecule has 1 aliphatic rings.